The van der Waals surface area contributed by atoms with E-state index in [0.29, 0.717) is 18.3 Å². The lowest BCUT2D eigenvalue weighted by Gasteiger charge is -2.14. The molecular formula is C12H14ClN3O. The molecule has 5 heteroatoms. The van der Waals surface area contributed by atoms with Gasteiger partial charge in [-0.3, -0.25) is 0 Å². The molecule has 0 amide bonds. The van der Waals surface area contributed by atoms with Crippen molar-refractivity contribution < 1.29 is 4.42 Å². The third-order valence-electron chi connectivity index (χ3n) is 2.50. The standard InChI is InChI=1S/C12H14ClN3O/c1-8(10-5-3-4-6-11(10)13)14-7-12-16-15-9(2)17-12/h3-6,8,14H,7H2,1-2H3. The van der Waals surface area contributed by atoms with Gasteiger partial charge in [0, 0.05) is 18.0 Å². The van der Waals surface area contributed by atoms with Crippen LogP contribution in [0.2, 0.25) is 5.02 Å². The van der Waals surface area contributed by atoms with Gasteiger partial charge < -0.3 is 9.73 Å². The van der Waals surface area contributed by atoms with Crippen molar-refractivity contribution in [3.05, 3.63) is 46.6 Å². The van der Waals surface area contributed by atoms with Crippen LogP contribution in [0.1, 0.15) is 30.3 Å². The number of nitrogens with one attached hydrogen (secondary N) is 1. The molecule has 4 nitrogen and oxygen atoms in total. The summed E-state index contributed by atoms with van der Waals surface area (Å²) in [6, 6.07) is 7.90. The SMILES string of the molecule is Cc1nnc(CNC(C)c2ccccc2Cl)o1. The first kappa shape index (κ1) is 12.1. The highest BCUT2D eigenvalue weighted by Crippen LogP contribution is 2.22. The van der Waals surface area contributed by atoms with Crippen molar-refractivity contribution >= 4 is 11.6 Å². The van der Waals surface area contributed by atoms with E-state index in [1.165, 1.54) is 0 Å². The Kier molecular flexibility index (Phi) is 3.76. The van der Waals surface area contributed by atoms with Crippen molar-refractivity contribution in [2.75, 3.05) is 0 Å². The Morgan fingerprint density at radius 1 is 1.35 bits per heavy atom. The van der Waals surface area contributed by atoms with E-state index in [-0.39, 0.29) is 6.04 Å². The van der Waals surface area contributed by atoms with Crippen LogP contribution < -0.4 is 5.32 Å². The lowest BCUT2D eigenvalue weighted by Crippen LogP contribution is -2.18. The summed E-state index contributed by atoms with van der Waals surface area (Å²) in [4.78, 5) is 0. The number of aromatic nitrogens is 2. The van der Waals surface area contributed by atoms with E-state index in [1.807, 2.05) is 31.2 Å². The molecule has 1 aromatic heterocycles. The van der Waals surface area contributed by atoms with Crippen LogP contribution in [0.4, 0.5) is 0 Å². The molecule has 0 bridgehead atoms. The predicted molar refractivity (Wildman–Crippen MR) is 65.7 cm³/mol. The zero-order valence-corrected chi connectivity index (χ0v) is 10.5. The summed E-state index contributed by atoms with van der Waals surface area (Å²) in [5, 5.41) is 11.7. The molecule has 1 aromatic carbocycles. The normalized spacial score (nSPS) is 12.6. The summed E-state index contributed by atoms with van der Waals surface area (Å²) in [6.45, 7) is 4.35. The summed E-state index contributed by atoms with van der Waals surface area (Å²) < 4.78 is 5.28. The molecule has 0 fully saturated rings. The number of benzene rings is 1. The van der Waals surface area contributed by atoms with Gasteiger partial charge in [0.1, 0.15) is 0 Å². The van der Waals surface area contributed by atoms with Crippen LogP contribution in [0.3, 0.4) is 0 Å². The Hall–Kier alpha value is -1.39. The Labute approximate surface area is 105 Å². The van der Waals surface area contributed by atoms with E-state index in [9.17, 15) is 0 Å². The zero-order chi connectivity index (χ0) is 12.3. The molecule has 0 aliphatic carbocycles. The third kappa shape index (κ3) is 3.05. The van der Waals surface area contributed by atoms with Gasteiger partial charge in [0.05, 0.1) is 6.54 Å². The molecule has 0 aliphatic rings. The average molecular weight is 252 g/mol. The van der Waals surface area contributed by atoms with Gasteiger partial charge in [-0.05, 0) is 18.6 Å². The molecule has 1 heterocycles. The summed E-state index contributed by atoms with van der Waals surface area (Å²) in [7, 11) is 0. The second-order valence-electron chi connectivity index (χ2n) is 3.84. The number of aryl methyl sites for hydroxylation is 1. The van der Waals surface area contributed by atoms with Crippen molar-refractivity contribution in [1.29, 1.82) is 0 Å². The molecule has 1 N–H and O–H groups in total. The summed E-state index contributed by atoms with van der Waals surface area (Å²) >= 11 is 6.11. The summed E-state index contributed by atoms with van der Waals surface area (Å²) in [6.07, 6.45) is 0. The molecule has 0 saturated carbocycles. The molecule has 17 heavy (non-hydrogen) atoms. The quantitative estimate of drug-likeness (QED) is 0.908. The van der Waals surface area contributed by atoms with Crippen molar-refractivity contribution in [1.82, 2.24) is 15.5 Å². The van der Waals surface area contributed by atoms with Crippen LogP contribution in [0.25, 0.3) is 0 Å². The van der Waals surface area contributed by atoms with Crippen LogP contribution >= 0.6 is 11.6 Å². The maximum Gasteiger partial charge on any atom is 0.230 e. The first-order valence-corrected chi connectivity index (χ1v) is 5.81. The van der Waals surface area contributed by atoms with Gasteiger partial charge >= 0.3 is 0 Å². The van der Waals surface area contributed by atoms with Gasteiger partial charge in [0.25, 0.3) is 0 Å². The van der Waals surface area contributed by atoms with Crippen molar-refractivity contribution in [3.63, 3.8) is 0 Å². The van der Waals surface area contributed by atoms with E-state index in [1.54, 1.807) is 6.92 Å². The highest BCUT2D eigenvalue weighted by Gasteiger charge is 2.10. The van der Waals surface area contributed by atoms with Crippen molar-refractivity contribution in [2.24, 2.45) is 0 Å². The Morgan fingerprint density at radius 2 is 2.12 bits per heavy atom. The van der Waals surface area contributed by atoms with Crippen LogP contribution in [0.15, 0.2) is 28.7 Å². The molecule has 2 aromatic rings. The fourth-order valence-corrected chi connectivity index (χ4v) is 1.88. The highest BCUT2D eigenvalue weighted by molar-refractivity contribution is 6.31. The fraction of sp³-hybridized carbons (Fsp3) is 0.333. The zero-order valence-electron chi connectivity index (χ0n) is 9.77. The molecule has 2 rings (SSSR count). The van der Waals surface area contributed by atoms with Crippen LogP contribution in [-0.4, -0.2) is 10.2 Å². The first-order chi connectivity index (χ1) is 8.16. The maximum atomic E-state index is 6.11. The number of hydrogen-bond donors (Lipinski definition) is 1. The van der Waals surface area contributed by atoms with Gasteiger partial charge in [0.2, 0.25) is 11.8 Å². The fourth-order valence-electron chi connectivity index (χ4n) is 1.59. The van der Waals surface area contributed by atoms with E-state index in [2.05, 4.69) is 15.5 Å². The lowest BCUT2D eigenvalue weighted by atomic mass is 10.1. The molecule has 0 saturated heterocycles. The van der Waals surface area contributed by atoms with Crippen LogP contribution in [0.5, 0.6) is 0 Å². The summed E-state index contributed by atoms with van der Waals surface area (Å²) in [5.41, 5.74) is 1.06. The van der Waals surface area contributed by atoms with Gasteiger partial charge in [-0.25, -0.2) is 0 Å². The smallest absolute Gasteiger partial charge is 0.230 e. The molecule has 1 atom stereocenters. The van der Waals surface area contributed by atoms with Gasteiger partial charge in [0.15, 0.2) is 0 Å². The van der Waals surface area contributed by atoms with E-state index >= 15 is 0 Å². The monoisotopic (exact) mass is 251 g/mol. The second-order valence-corrected chi connectivity index (χ2v) is 4.25. The van der Waals surface area contributed by atoms with E-state index < -0.39 is 0 Å². The Balaban J connectivity index is 1.98. The van der Waals surface area contributed by atoms with Gasteiger partial charge in [-0.1, -0.05) is 29.8 Å². The van der Waals surface area contributed by atoms with E-state index in [4.69, 9.17) is 16.0 Å². The number of rotatable bonds is 4. The third-order valence-corrected chi connectivity index (χ3v) is 2.84. The minimum Gasteiger partial charge on any atom is -0.424 e. The number of halogens is 1. The van der Waals surface area contributed by atoms with E-state index in [0.717, 1.165) is 10.6 Å². The van der Waals surface area contributed by atoms with Crippen molar-refractivity contribution in [3.8, 4) is 0 Å². The van der Waals surface area contributed by atoms with Gasteiger partial charge in [-0.2, -0.15) is 0 Å². The van der Waals surface area contributed by atoms with Crippen molar-refractivity contribution in [2.45, 2.75) is 26.4 Å². The van der Waals surface area contributed by atoms with Crippen LogP contribution in [-0.2, 0) is 6.54 Å². The number of nitrogens with zero attached hydrogens (tertiary/aromatic N) is 2. The number of hydrogen-bond acceptors (Lipinski definition) is 4. The summed E-state index contributed by atoms with van der Waals surface area (Å²) in [5.74, 6) is 1.16. The Morgan fingerprint density at radius 3 is 2.76 bits per heavy atom. The topological polar surface area (TPSA) is 51.0 Å². The highest BCUT2D eigenvalue weighted by atomic mass is 35.5. The Bertz CT molecular complexity index is 498. The molecular weight excluding hydrogens is 238 g/mol. The maximum absolute atomic E-state index is 6.11. The minimum atomic E-state index is 0.135. The largest absolute Gasteiger partial charge is 0.424 e. The van der Waals surface area contributed by atoms with Crippen LogP contribution in [0, 0.1) is 6.92 Å². The molecule has 0 spiro atoms. The lowest BCUT2D eigenvalue weighted by molar-refractivity contribution is 0.431. The minimum absolute atomic E-state index is 0.135. The molecule has 1 unspecified atom stereocenters. The first-order valence-electron chi connectivity index (χ1n) is 5.43. The molecule has 0 radical (unpaired) electrons. The predicted octanol–water partition coefficient (Wildman–Crippen LogP) is 2.88. The second kappa shape index (κ2) is 5.29. The molecule has 0 aliphatic heterocycles. The average Bonchev–Trinajstić information content (AvgIpc) is 2.73. The molecule has 90 valence electrons. The van der Waals surface area contributed by atoms with Gasteiger partial charge in [-0.15, -0.1) is 10.2 Å².